The van der Waals surface area contributed by atoms with E-state index in [9.17, 15) is 14.4 Å². The summed E-state index contributed by atoms with van der Waals surface area (Å²) in [4.78, 5) is 39.0. The molecule has 0 aromatic heterocycles. The van der Waals surface area contributed by atoms with E-state index in [0.29, 0.717) is 30.0 Å². The quantitative estimate of drug-likeness (QED) is 0.473. The standard InChI is InChI=1S/C21H22N2O4/c1-15(24)17-3-7-19(8-4-17)22-11-13-23(14-12-22)21(26)18-5-9-20(10-6-18)27-16(2)25/h3-10H,11-14H2,1-2H3. The van der Waals surface area contributed by atoms with Gasteiger partial charge in [0.05, 0.1) is 0 Å². The number of rotatable bonds is 4. The fourth-order valence-corrected chi connectivity index (χ4v) is 3.09. The van der Waals surface area contributed by atoms with E-state index in [1.165, 1.54) is 6.92 Å². The maximum atomic E-state index is 12.7. The molecular weight excluding hydrogens is 344 g/mol. The Morgan fingerprint density at radius 1 is 0.778 bits per heavy atom. The fraction of sp³-hybridized carbons (Fsp3) is 0.286. The number of carbonyl (C=O) groups is 3. The molecule has 3 rings (SSSR count). The molecular formula is C21H22N2O4. The van der Waals surface area contributed by atoms with E-state index < -0.39 is 0 Å². The predicted molar refractivity (Wildman–Crippen MR) is 102 cm³/mol. The van der Waals surface area contributed by atoms with Gasteiger partial charge < -0.3 is 14.5 Å². The monoisotopic (exact) mass is 366 g/mol. The van der Waals surface area contributed by atoms with Crippen LogP contribution in [0.4, 0.5) is 5.69 Å². The van der Waals surface area contributed by atoms with Crippen LogP contribution in [-0.4, -0.2) is 48.7 Å². The van der Waals surface area contributed by atoms with E-state index in [-0.39, 0.29) is 17.7 Å². The number of benzene rings is 2. The molecule has 1 fully saturated rings. The van der Waals surface area contributed by atoms with Crippen molar-refractivity contribution < 1.29 is 19.1 Å². The topological polar surface area (TPSA) is 66.9 Å². The van der Waals surface area contributed by atoms with Crippen LogP contribution >= 0.6 is 0 Å². The zero-order valence-corrected chi connectivity index (χ0v) is 15.5. The van der Waals surface area contributed by atoms with Crippen molar-refractivity contribution in [1.82, 2.24) is 4.90 Å². The molecule has 0 spiro atoms. The molecule has 0 N–H and O–H groups in total. The molecule has 1 saturated heterocycles. The zero-order chi connectivity index (χ0) is 19.4. The summed E-state index contributed by atoms with van der Waals surface area (Å²) in [6.45, 7) is 5.61. The van der Waals surface area contributed by atoms with Gasteiger partial charge in [-0.3, -0.25) is 14.4 Å². The van der Waals surface area contributed by atoms with Gasteiger partial charge in [-0.25, -0.2) is 0 Å². The van der Waals surface area contributed by atoms with Crippen LogP contribution in [0.25, 0.3) is 0 Å². The summed E-state index contributed by atoms with van der Waals surface area (Å²) in [5, 5.41) is 0. The summed E-state index contributed by atoms with van der Waals surface area (Å²) in [5.41, 5.74) is 2.33. The summed E-state index contributed by atoms with van der Waals surface area (Å²) in [6, 6.07) is 14.2. The molecule has 2 aromatic carbocycles. The van der Waals surface area contributed by atoms with Crippen LogP contribution in [0.5, 0.6) is 5.75 Å². The van der Waals surface area contributed by atoms with Gasteiger partial charge in [0.1, 0.15) is 5.75 Å². The molecule has 0 aliphatic carbocycles. The second-order valence-corrected chi connectivity index (χ2v) is 6.50. The molecule has 0 atom stereocenters. The van der Waals surface area contributed by atoms with Crippen molar-refractivity contribution in [3.63, 3.8) is 0 Å². The van der Waals surface area contributed by atoms with Crippen molar-refractivity contribution in [3.8, 4) is 5.75 Å². The van der Waals surface area contributed by atoms with Gasteiger partial charge >= 0.3 is 5.97 Å². The van der Waals surface area contributed by atoms with Gasteiger partial charge in [0, 0.05) is 49.9 Å². The van der Waals surface area contributed by atoms with Crippen LogP contribution in [0.1, 0.15) is 34.6 Å². The summed E-state index contributed by atoms with van der Waals surface area (Å²) in [6.07, 6.45) is 0. The molecule has 0 radical (unpaired) electrons. The van der Waals surface area contributed by atoms with Crippen LogP contribution in [0, 0.1) is 0 Å². The number of nitrogens with zero attached hydrogens (tertiary/aromatic N) is 2. The normalized spacial score (nSPS) is 14.0. The SMILES string of the molecule is CC(=O)Oc1ccc(C(=O)N2CCN(c3ccc(C(C)=O)cc3)CC2)cc1. The van der Waals surface area contributed by atoms with Crippen molar-refractivity contribution in [1.29, 1.82) is 0 Å². The molecule has 1 aliphatic heterocycles. The lowest BCUT2D eigenvalue weighted by molar-refractivity contribution is -0.131. The molecule has 2 aromatic rings. The summed E-state index contributed by atoms with van der Waals surface area (Å²) in [5.74, 6) is 0.0621. The second-order valence-electron chi connectivity index (χ2n) is 6.50. The number of esters is 1. The Labute approximate surface area is 158 Å². The van der Waals surface area contributed by atoms with Crippen LogP contribution in [0.3, 0.4) is 0 Å². The van der Waals surface area contributed by atoms with Gasteiger partial charge in [-0.2, -0.15) is 0 Å². The number of anilines is 1. The molecule has 0 bridgehead atoms. The van der Waals surface area contributed by atoms with Gasteiger partial charge in [0.15, 0.2) is 5.78 Å². The highest BCUT2D eigenvalue weighted by Crippen LogP contribution is 2.19. The number of hydrogen-bond donors (Lipinski definition) is 0. The molecule has 6 nitrogen and oxygen atoms in total. The van der Waals surface area contributed by atoms with Gasteiger partial charge in [-0.15, -0.1) is 0 Å². The van der Waals surface area contributed by atoms with Gasteiger partial charge in [-0.05, 0) is 55.5 Å². The Kier molecular flexibility index (Phi) is 5.54. The number of hydrogen-bond acceptors (Lipinski definition) is 5. The summed E-state index contributed by atoms with van der Waals surface area (Å²) >= 11 is 0. The van der Waals surface area contributed by atoms with Crippen molar-refractivity contribution in [3.05, 3.63) is 59.7 Å². The van der Waals surface area contributed by atoms with Crippen molar-refractivity contribution in [2.45, 2.75) is 13.8 Å². The Hall–Kier alpha value is -3.15. The lowest BCUT2D eigenvalue weighted by atomic mass is 10.1. The van der Waals surface area contributed by atoms with Crippen LogP contribution in [-0.2, 0) is 4.79 Å². The minimum atomic E-state index is -0.387. The maximum absolute atomic E-state index is 12.7. The number of Topliss-reactive ketones (excluding diaryl/α,β-unsaturated/α-hetero) is 1. The number of ketones is 1. The third-order valence-electron chi connectivity index (χ3n) is 4.57. The Bertz CT molecular complexity index is 835. The van der Waals surface area contributed by atoms with E-state index in [1.54, 1.807) is 31.2 Å². The van der Waals surface area contributed by atoms with Crippen molar-refractivity contribution in [2.24, 2.45) is 0 Å². The lowest BCUT2D eigenvalue weighted by Crippen LogP contribution is -2.48. The lowest BCUT2D eigenvalue weighted by Gasteiger charge is -2.36. The Morgan fingerprint density at radius 2 is 1.33 bits per heavy atom. The predicted octanol–water partition coefficient (Wildman–Crippen LogP) is 2.78. The van der Waals surface area contributed by atoms with Gasteiger partial charge in [0.25, 0.3) is 5.91 Å². The average Bonchev–Trinajstić information content (AvgIpc) is 2.68. The van der Waals surface area contributed by atoms with E-state index in [2.05, 4.69) is 4.90 Å². The first-order chi connectivity index (χ1) is 12.9. The van der Waals surface area contributed by atoms with Crippen molar-refractivity contribution in [2.75, 3.05) is 31.1 Å². The molecule has 1 amide bonds. The van der Waals surface area contributed by atoms with Crippen LogP contribution < -0.4 is 9.64 Å². The molecule has 1 heterocycles. The molecule has 1 aliphatic rings. The molecule has 27 heavy (non-hydrogen) atoms. The highest BCUT2D eigenvalue weighted by molar-refractivity contribution is 5.95. The van der Waals surface area contributed by atoms with Gasteiger partial charge in [0.2, 0.25) is 0 Å². The molecule has 140 valence electrons. The fourth-order valence-electron chi connectivity index (χ4n) is 3.09. The number of ether oxygens (including phenoxy) is 1. The first-order valence-electron chi connectivity index (χ1n) is 8.88. The van der Waals surface area contributed by atoms with E-state index >= 15 is 0 Å². The minimum Gasteiger partial charge on any atom is -0.427 e. The summed E-state index contributed by atoms with van der Waals surface area (Å²) < 4.78 is 4.99. The first-order valence-corrected chi connectivity index (χ1v) is 8.88. The average molecular weight is 366 g/mol. The summed E-state index contributed by atoms with van der Waals surface area (Å²) in [7, 11) is 0. The zero-order valence-electron chi connectivity index (χ0n) is 15.5. The maximum Gasteiger partial charge on any atom is 0.308 e. The van der Waals surface area contributed by atoms with Gasteiger partial charge in [-0.1, -0.05) is 0 Å². The van der Waals surface area contributed by atoms with E-state index in [1.807, 2.05) is 29.2 Å². The Balaban J connectivity index is 1.59. The Morgan fingerprint density at radius 3 is 1.85 bits per heavy atom. The van der Waals surface area contributed by atoms with Crippen LogP contribution in [0.15, 0.2) is 48.5 Å². The third kappa shape index (κ3) is 4.53. The van der Waals surface area contributed by atoms with Crippen molar-refractivity contribution >= 4 is 23.3 Å². The minimum absolute atomic E-state index is 0.0315. The van der Waals surface area contributed by atoms with Crippen LogP contribution in [0.2, 0.25) is 0 Å². The van der Waals surface area contributed by atoms with E-state index in [4.69, 9.17) is 4.74 Å². The largest absolute Gasteiger partial charge is 0.427 e. The molecule has 0 unspecified atom stereocenters. The molecule has 6 heteroatoms. The number of carbonyl (C=O) groups excluding carboxylic acids is 3. The number of amides is 1. The first kappa shape index (κ1) is 18.6. The molecule has 0 saturated carbocycles. The highest BCUT2D eigenvalue weighted by Gasteiger charge is 2.22. The highest BCUT2D eigenvalue weighted by atomic mass is 16.5. The third-order valence-corrected chi connectivity index (χ3v) is 4.57. The second kappa shape index (κ2) is 8.03. The number of piperazine rings is 1. The smallest absolute Gasteiger partial charge is 0.308 e. The van der Waals surface area contributed by atoms with E-state index in [0.717, 1.165) is 18.8 Å².